The summed E-state index contributed by atoms with van der Waals surface area (Å²) in [5.74, 6) is 0.631. The van der Waals surface area contributed by atoms with Crippen LogP contribution in [-0.4, -0.2) is 9.55 Å². The van der Waals surface area contributed by atoms with E-state index in [0.29, 0.717) is 11.8 Å². The highest BCUT2D eigenvalue weighted by Gasteiger charge is 2.37. The number of benzene rings is 5. The van der Waals surface area contributed by atoms with Crippen LogP contribution in [0, 0.1) is 11.3 Å². The second-order valence-electron chi connectivity index (χ2n) is 15.2. The molecule has 0 radical (unpaired) electrons. The molecule has 0 fully saturated rings. The van der Waals surface area contributed by atoms with Crippen LogP contribution in [0.3, 0.4) is 0 Å². The summed E-state index contributed by atoms with van der Waals surface area (Å²) in [5, 5.41) is 2.54. The van der Waals surface area contributed by atoms with Crippen molar-refractivity contribution in [2.45, 2.75) is 26.7 Å². The molecule has 2 aromatic heterocycles. The Hall–Kier alpha value is -5.99. The lowest BCUT2D eigenvalue weighted by Crippen LogP contribution is -2.25. The Morgan fingerprint density at radius 2 is 1.33 bits per heavy atom. The monoisotopic (exact) mass is 654 g/mol. The molecule has 2 nitrogen and oxygen atoms in total. The van der Waals surface area contributed by atoms with Gasteiger partial charge in [-0.3, -0.25) is 4.98 Å². The molecule has 0 spiro atoms. The van der Waals surface area contributed by atoms with Crippen LogP contribution < -0.4 is 0 Å². The van der Waals surface area contributed by atoms with E-state index in [4.69, 9.17) is 0 Å². The van der Waals surface area contributed by atoms with E-state index >= 15 is 0 Å². The molecule has 0 aliphatic heterocycles. The maximum Gasteiger partial charge on any atom is 0.0541 e. The third kappa shape index (κ3) is 4.74. The number of nitrogens with zero attached hydrogens (tertiary/aromatic N) is 2. The zero-order valence-electron chi connectivity index (χ0n) is 29.1. The molecule has 0 bridgehead atoms. The van der Waals surface area contributed by atoms with Crippen molar-refractivity contribution in [2.24, 2.45) is 11.3 Å². The Morgan fingerprint density at radius 3 is 2.14 bits per heavy atom. The number of aromatic nitrogens is 2. The molecule has 244 valence electrons. The zero-order valence-corrected chi connectivity index (χ0v) is 29.1. The lowest BCUT2D eigenvalue weighted by molar-refractivity contribution is 0.499. The molecule has 3 aliphatic carbocycles. The van der Waals surface area contributed by atoms with Gasteiger partial charge in [0, 0.05) is 40.7 Å². The third-order valence-electron chi connectivity index (χ3n) is 11.2. The summed E-state index contributed by atoms with van der Waals surface area (Å²) in [5.41, 5.74) is 18.0. The summed E-state index contributed by atoms with van der Waals surface area (Å²) >= 11 is 0. The average molecular weight is 655 g/mol. The van der Waals surface area contributed by atoms with Crippen LogP contribution in [0.15, 0.2) is 163 Å². The minimum atomic E-state index is 0.0948. The SMILES string of the molecule is CC(C)(C)C1=CC2C=Cc3c(-c4ccc5c(c4)c4ccccc4n5-c4ccccc4)cc(-c4ccc(-c5cccnc5)cc4)c4c3C2C(=C1)C=C4. The summed E-state index contributed by atoms with van der Waals surface area (Å²) in [6.07, 6.45) is 18.4. The van der Waals surface area contributed by atoms with Gasteiger partial charge < -0.3 is 4.57 Å². The van der Waals surface area contributed by atoms with Gasteiger partial charge in [-0.05, 0) is 109 Å². The second kappa shape index (κ2) is 11.3. The first-order chi connectivity index (χ1) is 24.9. The topological polar surface area (TPSA) is 17.8 Å². The highest BCUT2D eigenvalue weighted by Crippen LogP contribution is 2.54. The predicted octanol–water partition coefficient (Wildman–Crippen LogP) is 12.8. The van der Waals surface area contributed by atoms with Crippen LogP contribution >= 0.6 is 0 Å². The highest BCUT2D eigenvalue weighted by atomic mass is 15.0. The van der Waals surface area contributed by atoms with Gasteiger partial charge in [-0.15, -0.1) is 0 Å². The van der Waals surface area contributed by atoms with Gasteiger partial charge in [0.1, 0.15) is 0 Å². The Kier molecular flexibility index (Phi) is 6.60. The van der Waals surface area contributed by atoms with Crippen molar-refractivity contribution in [1.82, 2.24) is 9.55 Å². The van der Waals surface area contributed by atoms with Gasteiger partial charge >= 0.3 is 0 Å². The summed E-state index contributed by atoms with van der Waals surface area (Å²) in [6.45, 7) is 6.97. The van der Waals surface area contributed by atoms with Crippen molar-refractivity contribution in [3.63, 3.8) is 0 Å². The van der Waals surface area contributed by atoms with E-state index in [9.17, 15) is 0 Å². The fourth-order valence-electron chi connectivity index (χ4n) is 8.65. The van der Waals surface area contributed by atoms with Gasteiger partial charge in [0.2, 0.25) is 0 Å². The van der Waals surface area contributed by atoms with Crippen LogP contribution in [0.2, 0.25) is 0 Å². The molecule has 0 saturated heterocycles. The quantitative estimate of drug-likeness (QED) is 0.185. The van der Waals surface area contributed by atoms with Crippen LogP contribution in [0.5, 0.6) is 0 Å². The lowest BCUT2D eigenvalue weighted by atomic mass is 9.64. The van der Waals surface area contributed by atoms with E-state index in [0.717, 1.165) is 5.56 Å². The Bertz CT molecular complexity index is 2640. The van der Waals surface area contributed by atoms with E-state index < -0.39 is 0 Å². The molecule has 2 atom stereocenters. The van der Waals surface area contributed by atoms with Gasteiger partial charge in [0.25, 0.3) is 0 Å². The van der Waals surface area contributed by atoms with Crippen molar-refractivity contribution in [3.8, 4) is 39.1 Å². The molecule has 2 heteroatoms. The van der Waals surface area contributed by atoms with Crippen LogP contribution in [0.25, 0.3) is 73.0 Å². The molecular formula is C49H38N2. The van der Waals surface area contributed by atoms with Crippen LogP contribution in [0.4, 0.5) is 0 Å². The Labute approximate surface area is 299 Å². The number of hydrogen-bond donors (Lipinski definition) is 0. The first kappa shape index (κ1) is 29.9. The predicted molar refractivity (Wildman–Crippen MR) is 215 cm³/mol. The normalized spacial score (nSPS) is 17.4. The summed E-state index contributed by atoms with van der Waals surface area (Å²) in [4.78, 5) is 4.36. The molecule has 0 amide bonds. The smallest absolute Gasteiger partial charge is 0.0541 e. The minimum absolute atomic E-state index is 0.0948. The van der Waals surface area contributed by atoms with E-state index in [1.54, 1.807) is 0 Å². The van der Waals surface area contributed by atoms with Crippen molar-refractivity contribution in [1.29, 1.82) is 0 Å². The van der Waals surface area contributed by atoms with Crippen LogP contribution in [-0.2, 0) is 0 Å². The molecule has 0 saturated carbocycles. The van der Waals surface area contributed by atoms with Crippen molar-refractivity contribution in [3.05, 3.63) is 180 Å². The first-order valence-corrected chi connectivity index (χ1v) is 18.0. The highest BCUT2D eigenvalue weighted by molar-refractivity contribution is 6.11. The van der Waals surface area contributed by atoms with E-state index in [2.05, 4.69) is 176 Å². The standard InChI is InChI=1S/C49H38N2/c1-49(2,3)37-26-34-19-22-40-42(32-17-15-31(16-18-32)36-10-9-25-50-30-36)29-43(41-23-20-35(27-37)47(34)48(40)41)33-21-24-46-44(28-33)39-13-7-8-14-45(39)51(46)38-11-5-4-6-12-38/h4-30,35,47H,1-3H3. The number of para-hydroxylation sites is 2. The van der Waals surface area contributed by atoms with E-state index in [1.165, 1.54) is 83.1 Å². The minimum Gasteiger partial charge on any atom is -0.309 e. The fraction of sp³-hybridized carbons (Fsp3) is 0.122. The van der Waals surface area contributed by atoms with Crippen molar-refractivity contribution in [2.75, 3.05) is 0 Å². The number of fused-ring (bicyclic) bond motifs is 3. The summed E-state index contributed by atoms with van der Waals surface area (Å²) in [7, 11) is 0. The number of rotatable bonds is 4. The fourth-order valence-corrected chi connectivity index (χ4v) is 8.65. The number of pyridine rings is 1. The first-order valence-electron chi connectivity index (χ1n) is 18.0. The lowest BCUT2D eigenvalue weighted by Gasteiger charge is -2.39. The van der Waals surface area contributed by atoms with Gasteiger partial charge in [0.15, 0.2) is 0 Å². The van der Waals surface area contributed by atoms with Gasteiger partial charge in [0.05, 0.1) is 11.0 Å². The van der Waals surface area contributed by atoms with Crippen molar-refractivity contribution < 1.29 is 0 Å². The largest absolute Gasteiger partial charge is 0.309 e. The maximum absolute atomic E-state index is 4.36. The molecule has 3 aliphatic rings. The molecule has 2 heterocycles. The average Bonchev–Trinajstić information content (AvgIpc) is 3.50. The molecule has 0 N–H and O–H groups in total. The molecule has 51 heavy (non-hydrogen) atoms. The number of allylic oxidation sites excluding steroid dienone is 6. The number of hydrogen-bond acceptors (Lipinski definition) is 1. The molecule has 7 aromatic rings. The van der Waals surface area contributed by atoms with Gasteiger partial charge in [-0.25, -0.2) is 0 Å². The molecule has 2 unspecified atom stereocenters. The zero-order chi connectivity index (χ0) is 34.3. The Morgan fingerprint density at radius 1 is 0.608 bits per heavy atom. The van der Waals surface area contributed by atoms with Gasteiger partial charge in [-0.1, -0.05) is 130 Å². The molecular weight excluding hydrogens is 617 g/mol. The van der Waals surface area contributed by atoms with E-state index in [-0.39, 0.29) is 5.41 Å². The van der Waals surface area contributed by atoms with E-state index in [1.807, 2.05) is 18.5 Å². The molecule has 10 rings (SSSR count). The maximum atomic E-state index is 4.36. The van der Waals surface area contributed by atoms with Crippen molar-refractivity contribution >= 4 is 34.0 Å². The second-order valence-corrected chi connectivity index (χ2v) is 15.2. The van der Waals surface area contributed by atoms with Crippen LogP contribution in [0.1, 0.15) is 43.4 Å². The van der Waals surface area contributed by atoms with Gasteiger partial charge in [-0.2, -0.15) is 0 Å². The summed E-state index contributed by atoms with van der Waals surface area (Å²) in [6, 6.07) is 42.2. The summed E-state index contributed by atoms with van der Waals surface area (Å²) < 4.78 is 2.40. The Balaban J connectivity index is 1.21. The third-order valence-corrected chi connectivity index (χ3v) is 11.2. The molecule has 5 aromatic carbocycles.